The Balaban J connectivity index is 1.51. The molecular weight excluding hydrogens is 440 g/mol. The second-order valence-corrected chi connectivity index (χ2v) is 9.07. The van der Waals surface area contributed by atoms with Crippen molar-refractivity contribution in [2.24, 2.45) is 0 Å². The minimum atomic E-state index is -3.92. The molecule has 0 radical (unpaired) electrons. The fourth-order valence-corrected chi connectivity index (χ4v) is 4.41. The summed E-state index contributed by atoms with van der Waals surface area (Å²) in [6.07, 6.45) is 0. The predicted molar refractivity (Wildman–Crippen MR) is 117 cm³/mol. The molecule has 0 unspecified atom stereocenters. The molecule has 7 nitrogen and oxygen atoms in total. The molecule has 1 aliphatic rings. The van der Waals surface area contributed by atoms with Crippen LogP contribution in [0, 0.1) is 0 Å². The van der Waals surface area contributed by atoms with E-state index in [9.17, 15) is 13.2 Å². The van der Waals surface area contributed by atoms with E-state index >= 15 is 0 Å². The molecule has 31 heavy (non-hydrogen) atoms. The van der Waals surface area contributed by atoms with Gasteiger partial charge in [0.25, 0.3) is 15.9 Å². The van der Waals surface area contributed by atoms with Crippen molar-refractivity contribution < 1.29 is 22.7 Å². The highest BCUT2D eigenvalue weighted by atomic mass is 35.5. The Morgan fingerprint density at radius 2 is 1.77 bits per heavy atom. The zero-order valence-electron chi connectivity index (χ0n) is 16.5. The summed E-state index contributed by atoms with van der Waals surface area (Å²) in [5.41, 5.74) is 1.39. The number of carbonyl (C=O) groups excluding carboxylic acids is 1. The Kier molecular flexibility index (Phi) is 5.75. The molecule has 0 saturated carbocycles. The lowest BCUT2D eigenvalue weighted by atomic mass is 10.1. The highest BCUT2D eigenvalue weighted by Gasteiger charge is 2.20. The first kappa shape index (κ1) is 21.0. The van der Waals surface area contributed by atoms with Gasteiger partial charge in [-0.25, -0.2) is 8.42 Å². The number of fused-ring (bicyclic) bond motifs is 1. The van der Waals surface area contributed by atoms with Crippen molar-refractivity contribution in [2.45, 2.75) is 17.9 Å². The molecule has 4 rings (SSSR count). The molecule has 0 fully saturated rings. The summed E-state index contributed by atoms with van der Waals surface area (Å²) in [5.74, 6) is 0.617. The van der Waals surface area contributed by atoms with Crippen molar-refractivity contribution in [1.29, 1.82) is 0 Å². The molecule has 0 aromatic heterocycles. The minimum absolute atomic E-state index is 0.0341. The topological polar surface area (TPSA) is 93.7 Å². The first-order valence-corrected chi connectivity index (χ1v) is 11.3. The molecule has 1 aliphatic heterocycles. The third kappa shape index (κ3) is 4.76. The van der Waals surface area contributed by atoms with Crippen LogP contribution in [0.4, 0.5) is 5.69 Å². The minimum Gasteiger partial charge on any atom is -0.454 e. The summed E-state index contributed by atoms with van der Waals surface area (Å²) in [6.45, 7) is 1.92. The first-order chi connectivity index (χ1) is 14.8. The van der Waals surface area contributed by atoms with Gasteiger partial charge in [-0.05, 0) is 55.0 Å². The van der Waals surface area contributed by atoms with E-state index in [1.165, 1.54) is 18.2 Å². The lowest BCUT2D eigenvalue weighted by Gasteiger charge is -2.15. The van der Waals surface area contributed by atoms with E-state index < -0.39 is 15.9 Å². The number of amides is 1. The molecule has 2 N–H and O–H groups in total. The van der Waals surface area contributed by atoms with Crippen molar-refractivity contribution in [2.75, 3.05) is 11.5 Å². The summed E-state index contributed by atoms with van der Waals surface area (Å²) >= 11 is 6.01. The second-order valence-electron chi connectivity index (χ2n) is 6.95. The largest absolute Gasteiger partial charge is 0.454 e. The van der Waals surface area contributed by atoms with E-state index in [4.69, 9.17) is 21.1 Å². The Morgan fingerprint density at radius 3 is 2.58 bits per heavy atom. The van der Waals surface area contributed by atoms with E-state index in [2.05, 4.69) is 10.0 Å². The number of anilines is 1. The average Bonchev–Trinajstić information content (AvgIpc) is 3.21. The molecule has 0 saturated heterocycles. The van der Waals surface area contributed by atoms with Crippen LogP contribution in [-0.4, -0.2) is 21.1 Å². The molecule has 1 amide bonds. The number of hydrogen-bond acceptors (Lipinski definition) is 5. The van der Waals surface area contributed by atoms with Crippen LogP contribution < -0.4 is 19.5 Å². The number of halogens is 1. The Bertz CT molecular complexity index is 1250. The number of hydrogen-bond donors (Lipinski definition) is 2. The van der Waals surface area contributed by atoms with Crippen LogP contribution in [0.25, 0.3) is 0 Å². The Labute approximate surface area is 185 Å². The molecule has 1 heterocycles. The van der Waals surface area contributed by atoms with Gasteiger partial charge < -0.3 is 14.8 Å². The van der Waals surface area contributed by atoms with Gasteiger partial charge >= 0.3 is 0 Å². The number of benzene rings is 3. The molecule has 9 heteroatoms. The summed E-state index contributed by atoms with van der Waals surface area (Å²) < 4.78 is 38.7. The van der Waals surface area contributed by atoms with E-state index in [0.29, 0.717) is 22.2 Å². The third-order valence-corrected chi connectivity index (χ3v) is 6.34. The molecule has 3 aromatic rings. The molecule has 0 spiro atoms. The molecule has 0 aliphatic carbocycles. The highest BCUT2D eigenvalue weighted by molar-refractivity contribution is 7.92. The fraction of sp³-hybridized carbons (Fsp3) is 0.136. The van der Waals surface area contributed by atoms with Crippen molar-refractivity contribution >= 4 is 33.2 Å². The maximum atomic E-state index is 12.8. The van der Waals surface area contributed by atoms with Gasteiger partial charge in [0.2, 0.25) is 6.79 Å². The average molecular weight is 459 g/mol. The van der Waals surface area contributed by atoms with Crippen molar-refractivity contribution in [3.05, 3.63) is 82.9 Å². The summed E-state index contributed by atoms with van der Waals surface area (Å²) in [7, 11) is -3.92. The molecule has 3 aromatic carbocycles. The Hall–Kier alpha value is -3.23. The van der Waals surface area contributed by atoms with Crippen LogP contribution in [0.1, 0.15) is 28.9 Å². The number of ether oxygens (including phenoxy) is 2. The van der Waals surface area contributed by atoms with E-state index in [-0.39, 0.29) is 23.3 Å². The molecular formula is C22H19ClN2O5S. The maximum absolute atomic E-state index is 12.8. The van der Waals surface area contributed by atoms with Crippen LogP contribution >= 0.6 is 11.6 Å². The molecule has 160 valence electrons. The van der Waals surface area contributed by atoms with E-state index in [1.54, 1.807) is 42.5 Å². The highest BCUT2D eigenvalue weighted by Crippen LogP contribution is 2.34. The van der Waals surface area contributed by atoms with Crippen LogP contribution in [0.5, 0.6) is 11.5 Å². The number of rotatable bonds is 6. The maximum Gasteiger partial charge on any atom is 0.261 e. The Morgan fingerprint density at radius 1 is 1.00 bits per heavy atom. The molecule has 0 bridgehead atoms. The SMILES string of the molecule is C[C@H](NC(=O)c1cccc(S(=O)(=O)Nc2ccc3c(c2)OCO3)c1)c1cccc(Cl)c1. The standard InChI is InChI=1S/C22H19ClN2O5S/c1-14(15-4-2-6-17(23)10-15)24-22(26)16-5-3-7-19(11-16)31(27,28)25-18-8-9-20-21(12-18)30-13-29-20/h2-12,14,25H,13H2,1H3,(H,24,26)/t14-/m0/s1. The quantitative estimate of drug-likeness (QED) is 0.572. The third-order valence-electron chi connectivity index (χ3n) is 4.73. The van der Waals surface area contributed by atoms with Crippen LogP contribution in [0.3, 0.4) is 0 Å². The normalized spacial score (nSPS) is 13.5. The van der Waals surface area contributed by atoms with Crippen molar-refractivity contribution in [3.63, 3.8) is 0 Å². The van der Waals surface area contributed by atoms with Crippen LogP contribution in [0.2, 0.25) is 5.02 Å². The second kappa shape index (κ2) is 8.49. The zero-order chi connectivity index (χ0) is 22.0. The van der Waals surface area contributed by atoms with E-state index in [1.807, 2.05) is 13.0 Å². The smallest absolute Gasteiger partial charge is 0.261 e. The van der Waals surface area contributed by atoms with Gasteiger partial charge in [-0.15, -0.1) is 0 Å². The van der Waals surface area contributed by atoms with Gasteiger partial charge in [-0.2, -0.15) is 0 Å². The van der Waals surface area contributed by atoms with Crippen LogP contribution in [-0.2, 0) is 10.0 Å². The van der Waals surface area contributed by atoms with Gasteiger partial charge in [-0.1, -0.05) is 29.8 Å². The van der Waals surface area contributed by atoms with Gasteiger partial charge in [0.05, 0.1) is 16.6 Å². The predicted octanol–water partition coefficient (Wildman–Crippen LogP) is 4.36. The van der Waals surface area contributed by atoms with Gasteiger partial charge in [0, 0.05) is 16.7 Å². The monoisotopic (exact) mass is 458 g/mol. The van der Waals surface area contributed by atoms with Gasteiger partial charge in [0.1, 0.15) is 0 Å². The summed E-state index contributed by atoms with van der Waals surface area (Å²) in [4.78, 5) is 12.7. The van der Waals surface area contributed by atoms with Crippen molar-refractivity contribution in [3.8, 4) is 11.5 Å². The fourth-order valence-electron chi connectivity index (χ4n) is 3.12. The van der Waals surface area contributed by atoms with Crippen LogP contribution in [0.15, 0.2) is 71.6 Å². The van der Waals surface area contributed by atoms with Crippen molar-refractivity contribution in [1.82, 2.24) is 5.32 Å². The number of nitrogens with one attached hydrogen (secondary N) is 2. The lowest BCUT2D eigenvalue weighted by Crippen LogP contribution is -2.27. The van der Waals surface area contributed by atoms with Gasteiger partial charge in [0.15, 0.2) is 11.5 Å². The summed E-state index contributed by atoms with van der Waals surface area (Å²) in [5, 5.41) is 3.42. The van der Waals surface area contributed by atoms with Gasteiger partial charge in [-0.3, -0.25) is 9.52 Å². The lowest BCUT2D eigenvalue weighted by molar-refractivity contribution is 0.0939. The summed E-state index contributed by atoms with van der Waals surface area (Å²) in [6, 6.07) is 17.4. The van der Waals surface area contributed by atoms with E-state index in [0.717, 1.165) is 5.56 Å². The number of carbonyl (C=O) groups is 1. The zero-order valence-corrected chi connectivity index (χ0v) is 18.0. The first-order valence-electron chi connectivity index (χ1n) is 9.41. The number of sulfonamides is 1. The molecule has 1 atom stereocenters.